The summed E-state index contributed by atoms with van der Waals surface area (Å²) in [6.07, 6.45) is -0.894. The smallest absolute Gasteiger partial charge is 0.416 e. The molecule has 1 unspecified atom stereocenters. The third kappa shape index (κ3) is 8.85. The monoisotopic (exact) mass is 781 g/mol. The molecule has 1 N–H and O–H groups in total. The van der Waals surface area contributed by atoms with E-state index in [-0.39, 0.29) is 18.4 Å². The lowest BCUT2D eigenvalue weighted by molar-refractivity contribution is -0.138. The van der Waals surface area contributed by atoms with Crippen molar-refractivity contribution in [2.24, 2.45) is 10.9 Å². The Labute approximate surface area is 255 Å². The molecule has 0 fully saturated rings. The first-order valence-electron chi connectivity index (χ1n) is 12.9. The van der Waals surface area contributed by atoms with Crippen molar-refractivity contribution in [1.29, 1.82) is 0 Å². The molecule has 2 aromatic carbocycles. The second-order valence-electron chi connectivity index (χ2n) is 9.62. The maximum absolute atomic E-state index is 13.3. The minimum Gasteiger partial charge on any atom is -0.494 e. The molecule has 0 spiro atoms. The quantitative estimate of drug-likeness (QED) is 0.148. The number of aromatic nitrogens is 1. The van der Waals surface area contributed by atoms with Gasteiger partial charge in [0.15, 0.2) is 5.49 Å². The van der Waals surface area contributed by atoms with E-state index in [4.69, 9.17) is 4.74 Å². The minimum atomic E-state index is -4.39. The molecule has 6 nitrogen and oxygen atoms in total. The van der Waals surface area contributed by atoms with Gasteiger partial charge in [-0.15, -0.1) is 0 Å². The largest absolute Gasteiger partial charge is 0.494 e. The van der Waals surface area contributed by atoms with Gasteiger partial charge in [0.05, 0.1) is 12.2 Å². The molecule has 2 heterocycles. The standard InChI is InChI=1S/C29H32F3N3O3.I2/c1-3-22-16-23-7-10-26(38-14-4-12-33-27-15-20(2)11-13-35(27)37)17-24(23)19-34(28(22)36)18-21-5-8-25(9-6-21)29(30,31)32;1-2/h5-11,13,15,17,22,37H,3-4,12,14,16,18-19H2,1-2H3;. The zero-order valence-electron chi connectivity index (χ0n) is 22.3. The van der Waals surface area contributed by atoms with Gasteiger partial charge in [0.25, 0.3) is 0 Å². The molecule has 0 saturated heterocycles. The highest BCUT2D eigenvalue weighted by atomic mass is 128. The molecule has 0 saturated carbocycles. The van der Waals surface area contributed by atoms with E-state index in [9.17, 15) is 23.2 Å². The number of nitrogens with zero attached hydrogens (tertiary/aromatic N) is 3. The van der Waals surface area contributed by atoms with Gasteiger partial charge in [-0.3, -0.25) is 9.79 Å². The van der Waals surface area contributed by atoms with Crippen LogP contribution < -0.4 is 10.2 Å². The van der Waals surface area contributed by atoms with Crippen LogP contribution in [0.25, 0.3) is 0 Å². The Balaban J connectivity index is 0.00000216. The number of aryl methyl sites for hydroxylation is 1. The molecule has 1 aliphatic heterocycles. The van der Waals surface area contributed by atoms with Crippen molar-refractivity contribution in [2.45, 2.75) is 52.4 Å². The summed E-state index contributed by atoms with van der Waals surface area (Å²) in [5, 5.41) is 9.84. The first-order chi connectivity index (χ1) is 19.1. The van der Waals surface area contributed by atoms with Crippen LogP contribution in [0.3, 0.4) is 0 Å². The highest BCUT2D eigenvalue weighted by Gasteiger charge is 2.31. The average molecular weight is 781 g/mol. The molecule has 40 heavy (non-hydrogen) atoms. The zero-order valence-corrected chi connectivity index (χ0v) is 26.6. The fraction of sp³-hybridized carbons (Fsp3) is 0.379. The van der Waals surface area contributed by atoms with E-state index in [1.807, 2.05) is 32.0 Å². The summed E-state index contributed by atoms with van der Waals surface area (Å²) in [6.45, 7) is 5.43. The number of carbonyl (C=O) groups is 1. The van der Waals surface area contributed by atoms with Crippen LogP contribution >= 0.6 is 37.2 Å². The SMILES string of the molecule is CCC1Cc2ccc(OCCCN=c3cc(C)ccn3O)cc2CN(Cc2ccc(C(F)(F)F)cc2)C1=O.II. The molecular formula is C29H32F3I2N3O3. The molecule has 0 bridgehead atoms. The third-order valence-corrected chi connectivity index (χ3v) is 6.73. The van der Waals surface area contributed by atoms with Crippen LogP contribution in [0.15, 0.2) is 65.8 Å². The van der Waals surface area contributed by atoms with Crippen LogP contribution in [0.5, 0.6) is 5.75 Å². The molecular weight excluding hydrogens is 749 g/mol. The number of hydrogen-bond acceptors (Lipinski definition) is 4. The van der Waals surface area contributed by atoms with E-state index in [0.29, 0.717) is 55.8 Å². The fourth-order valence-corrected chi connectivity index (χ4v) is 4.55. The number of fused-ring (bicyclic) bond motifs is 1. The average Bonchev–Trinajstić information content (AvgIpc) is 3.07. The van der Waals surface area contributed by atoms with Crippen LogP contribution in [0.1, 0.15) is 47.6 Å². The second kappa shape index (κ2) is 15.1. The van der Waals surface area contributed by atoms with Crippen molar-refractivity contribution in [1.82, 2.24) is 9.63 Å². The predicted octanol–water partition coefficient (Wildman–Crippen LogP) is 7.30. The van der Waals surface area contributed by atoms with Crippen LogP contribution in [-0.4, -0.2) is 33.9 Å². The van der Waals surface area contributed by atoms with Gasteiger partial charge in [0.2, 0.25) is 5.91 Å². The number of hydrogen-bond donors (Lipinski definition) is 1. The fourth-order valence-electron chi connectivity index (χ4n) is 4.55. The van der Waals surface area contributed by atoms with Crippen LogP contribution in [0.4, 0.5) is 13.2 Å². The number of carbonyl (C=O) groups excluding carboxylic acids is 1. The second-order valence-corrected chi connectivity index (χ2v) is 9.62. The topological polar surface area (TPSA) is 67.1 Å². The Kier molecular flexibility index (Phi) is 12.2. The molecule has 216 valence electrons. The number of halogens is 5. The summed E-state index contributed by atoms with van der Waals surface area (Å²) in [5.74, 6) is 0.508. The molecule has 1 aromatic heterocycles. The molecule has 11 heteroatoms. The van der Waals surface area contributed by atoms with Crippen LogP contribution in [-0.2, 0) is 30.5 Å². The lowest BCUT2D eigenvalue weighted by atomic mass is 9.95. The first kappa shape index (κ1) is 32.2. The van der Waals surface area contributed by atoms with E-state index >= 15 is 0 Å². The highest BCUT2D eigenvalue weighted by Crippen LogP contribution is 2.31. The summed E-state index contributed by atoms with van der Waals surface area (Å²) in [4.78, 5) is 19.4. The first-order valence-corrected chi connectivity index (χ1v) is 19.2. The summed E-state index contributed by atoms with van der Waals surface area (Å²) >= 11 is 4.24. The van der Waals surface area contributed by atoms with E-state index in [1.54, 1.807) is 23.2 Å². The Bertz CT molecular complexity index is 1340. The number of pyridine rings is 1. The van der Waals surface area contributed by atoms with Crippen molar-refractivity contribution >= 4 is 43.1 Å². The van der Waals surface area contributed by atoms with Crippen molar-refractivity contribution < 1.29 is 27.9 Å². The van der Waals surface area contributed by atoms with E-state index in [0.717, 1.165) is 33.6 Å². The number of rotatable bonds is 8. The van der Waals surface area contributed by atoms with Crippen LogP contribution in [0.2, 0.25) is 0 Å². The third-order valence-electron chi connectivity index (χ3n) is 6.73. The summed E-state index contributed by atoms with van der Waals surface area (Å²) in [5.41, 5.74) is 3.49. The Hall–Kier alpha value is -2.29. The van der Waals surface area contributed by atoms with Gasteiger partial charge < -0.3 is 14.8 Å². The number of amides is 1. The van der Waals surface area contributed by atoms with Crippen molar-refractivity contribution in [3.8, 4) is 5.75 Å². The predicted molar refractivity (Wildman–Crippen MR) is 165 cm³/mol. The van der Waals surface area contributed by atoms with Gasteiger partial charge in [0, 0.05) is 75.4 Å². The molecule has 1 atom stereocenters. The van der Waals surface area contributed by atoms with E-state index in [1.165, 1.54) is 12.1 Å². The number of alkyl halides is 3. The lowest BCUT2D eigenvalue weighted by Gasteiger charge is -2.24. The van der Waals surface area contributed by atoms with Crippen molar-refractivity contribution in [2.75, 3.05) is 13.2 Å². The Morgan fingerprint density at radius 2 is 1.80 bits per heavy atom. The number of ether oxygens (including phenoxy) is 1. The van der Waals surface area contributed by atoms with Crippen molar-refractivity contribution in [3.05, 3.63) is 94.1 Å². The normalized spacial score (nSPS) is 15.7. The molecule has 3 aromatic rings. The van der Waals surface area contributed by atoms with Crippen LogP contribution in [0, 0.1) is 12.8 Å². The zero-order chi connectivity index (χ0) is 29.3. The Morgan fingerprint density at radius 1 is 1.07 bits per heavy atom. The van der Waals surface area contributed by atoms with Gasteiger partial charge in [-0.1, -0.05) is 25.1 Å². The summed E-state index contributed by atoms with van der Waals surface area (Å²) in [6, 6.07) is 14.4. The van der Waals surface area contributed by atoms with E-state index < -0.39 is 11.7 Å². The van der Waals surface area contributed by atoms with Gasteiger partial charge in [-0.25, -0.2) is 0 Å². The minimum absolute atomic E-state index is 0.00458. The molecule has 1 amide bonds. The maximum Gasteiger partial charge on any atom is 0.416 e. The molecule has 1 aliphatic rings. The summed E-state index contributed by atoms with van der Waals surface area (Å²) < 4.78 is 45.8. The molecule has 4 rings (SSSR count). The summed E-state index contributed by atoms with van der Waals surface area (Å²) in [7, 11) is 0. The van der Waals surface area contributed by atoms with Crippen molar-refractivity contribution in [3.63, 3.8) is 0 Å². The lowest BCUT2D eigenvalue weighted by Crippen LogP contribution is -2.34. The maximum atomic E-state index is 13.3. The number of benzene rings is 2. The van der Waals surface area contributed by atoms with Gasteiger partial charge in [-0.05, 0) is 78.4 Å². The van der Waals surface area contributed by atoms with Gasteiger partial charge in [-0.2, -0.15) is 17.9 Å². The van der Waals surface area contributed by atoms with E-state index in [2.05, 4.69) is 42.2 Å². The van der Waals surface area contributed by atoms with Gasteiger partial charge in [0.1, 0.15) is 5.75 Å². The Morgan fingerprint density at radius 3 is 2.48 bits per heavy atom. The highest BCUT2D eigenvalue weighted by molar-refractivity contribution is 15.0. The molecule has 0 radical (unpaired) electrons. The van der Waals surface area contributed by atoms with Gasteiger partial charge >= 0.3 is 6.18 Å². The molecule has 0 aliphatic carbocycles.